The van der Waals surface area contributed by atoms with Gasteiger partial charge in [-0.15, -0.1) is 0 Å². The number of hydrogen-bond donors (Lipinski definition) is 3. The molecule has 0 fully saturated rings. The van der Waals surface area contributed by atoms with Crippen LogP contribution >= 0.6 is 0 Å². The fraction of sp³-hybridized carbons (Fsp3) is 0.250. The second kappa shape index (κ2) is 12.5. The average molecular weight is 623 g/mol. The molecule has 0 radical (unpaired) electrons. The molecular weight excluding hydrogens is 592 g/mol. The number of hydrogen-bond acceptors (Lipinski definition) is 6. The van der Waals surface area contributed by atoms with Crippen LogP contribution in [0.4, 0.5) is 34.8 Å². The van der Waals surface area contributed by atoms with Gasteiger partial charge in [-0.25, -0.2) is 9.37 Å². The molecule has 0 saturated heterocycles. The van der Waals surface area contributed by atoms with Gasteiger partial charge in [0.15, 0.2) is 5.82 Å². The molecule has 0 unspecified atom stereocenters. The van der Waals surface area contributed by atoms with Gasteiger partial charge in [0.1, 0.15) is 5.82 Å². The Morgan fingerprint density at radius 2 is 1.82 bits per heavy atom. The number of rotatable bonds is 8. The third kappa shape index (κ3) is 6.58. The molecule has 1 atom stereocenters. The predicted molar refractivity (Wildman–Crippen MR) is 162 cm³/mol. The van der Waals surface area contributed by atoms with Crippen molar-refractivity contribution in [3.05, 3.63) is 105 Å². The molecule has 0 bridgehead atoms. The van der Waals surface area contributed by atoms with Gasteiger partial charge >= 0.3 is 6.18 Å². The zero-order valence-electron chi connectivity index (χ0n) is 24.6. The van der Waals surface area contributed by atoms with Crippen LogP contribution in [-0.2, 0) is 23.9 Å². The van der Waals surface area contributed by atoms with Gasteiger partial charge < -0.3 is 20.9 Å². The summed E-state index contributed by atoms with van der Waals surface area (Å²) in [4.78, 5) is 44.6. The third-order valence-electron chi connectivity index (χ3n) is 7.66. The van der Waals surface area contributed by atoms with E-state index in [1.54, 1.807) is 43.1 Å². The van der Waals surface area contributed by atoms with Crippen molar-refractivity contribution in [1.82, 2.24) is 20.2 Å². The maximum absolute atomic E-state index is 14.2. The molecule has 0 aliphatic carbocycles. The summed E-state index contributed by atoms with van der Waals surface area (Å²) in [5, 5.41) is 7.77. The number of anilines is 3. The van der Waals surface area contributed by atoms with E-state index in [-0.39, 0.29) is 35.2 Å². The highest BCUT2D eigenvalue weighted by molar-refractivity contribution is 5.95. The van der Waals surface area contributed by atoms with Crippen molar-refractivity contribution in [2.45, 2.75) is 32.1 Å². The van der Waals surface area contributed by atoms with E-state index in [9.17, 15) is 31.9 Å². The monoisotopic (exact) mass is 622 g/mol. The fourth-order valence-electron chi connectivity index (χ4n) is 5.19. The number of halogens is 4. The van der Waals surface area contributed by atoms with Crippen molar-refractivity contribution in [1.29, 1.82) is 0 Å². The van der Waals surface area contributed by atoms with Gasteiger partial charge in [0.05, 0.1) is 30.0 Å². The van der Waals surface area contributed by atoms with Gasteiger partial charge in [0.25, 0.3) is 11.5 Å². The lowest BCUT2D eigenvalue weighted by Crippen LogP contribution is -2.38. The summed E-state index contributed by atoms with van der Waals surface area (Å²) in [5.74, 6) is -1.65. The molecule has 45 heavy (non-hydrogen) atoms. The molecule has 3 N–H and O–H groups in total. The number of carbonyl (C=O) groups excluding carboxylic acids is 2. The van der Waals surface area contributed by atoms with Crippen LogP contribution in [0.3, 0.4) is 0 Å². The normalized spacial score (nSPS) is 13.4. The second-order valence-electron chi connectivity index (χ2n) is 10.6. The molecule has 0 spiro atoms. The number of fused-ring (bicyclic) bond motifs is 1. The number of nitrogens with one attached hydrogen (secondary N) is 3. The van der Waals surface area contributed by atoms with Crippen LogP contribution in [0, 0.1) is 5.82 Å². The van der Waals surface area contributed by atoms with Crippen LogP contribution in [0.5, 0.6) is 0 Å². The minimum Gasteiger partial charge on any atom is -0.355 e. The fourth-order valence-corrected chi connectivity index (χ4v) is 5.19. The minimum atomic E-state index is -4.70. The maximum Gasteiger partial charge on any atom is 0.416 e. The van der Waals surface area contributed by atoms with E-state index < -0.39 is 35.1 Å². The van der Waals surface area contributed by atoms with Crippen molar-refractivity contribution in [3.63, 3.8) is 0 Å². The quantitative estimate of drug-likeness (QED) is 0.246. The largest absolute Gasteiger partial charge is 0.416 e. The third-order valence-corrected chi connectivity index (χ3v) is 7.66. The molecule has 2 amide bonds. The van der Waals surface area contributed by atoms with E-state index in [0.29, 0.717) is 35.3 Å². The first-order chi connectivity index (χ1) is 21.4. The van der Waals surface area contributed by atoms with E-state index in [2.05, 4.69) is 20.9 Å². The summed E-state index contributed by atoms with van der Waals surface area (Å²) < 4.78 is 57.6. The summed E-state index contributed by atoms with van der Waals surface area (Å²) in [7, 11) is 3.04. The standard InChI is InChI=1S/C32H30F4N6O3/c1-18(37-2)29(43)40-28-31(45)42(27(16-39-28)20-5-4-6-22(13-20)30(44)38-3)17-19-11-23(32(34,35)36)15-25(12-19)41-10-9-21-14-24(33)7-8-26(21)41/h4-8,11-16,18,37H,9-10,17H2,1-3H3,(H,38,44)(H,39,40,43)/t18-/m0/s1. The molecule has 9 nitrogen and oxygen atoms in total. The molecule has 1 aliphatic heterocycles. The van der Waals surface area contributed by atoms with Crippen LogP contribution < -0.4 is 26.4 Å². The number of carbonyl (C=O) groups is 2. The number of nitrogens with zero attached hydrogens (tertiary/aromatic N) is 3. The van der Waals surface area contributed by atoms with Crippen molar-refractivity contribution in [2.24, 2.45) is 0 Å². The van der Waals surface area contributed by atoms with Gasteiger partial charge in [0, 0.05) is 36.1 Å². The molecule has 0 saturated carbocycles. The van der Waals surface area contributed by atoms with Crippen LogP contribution in [0.2, 0.25) is 0 Å². The lowest BCUT2D eigenvalue weighted by Gasteiger charge is -2.23. The van der Waals surface area contributed by atoms with Gasteiger partial charge in [-0.1, -0.05) is 12.1 Å². The van der Waals surface area contributed by atoms with Gasteiger partial charge in [-0.3, -0.25) is 19.0 Å². The summed E-state index contributed by atoms with van der Waals surface area (Å²) in [6, 6.07) is 13.4. The first-order valence-corrected chi connectivity index (χ1v) is 14.1. The minimum absolute atomic E-state index is 0.147. The van der Waals surface area contributed by atoms with Gasteiger partial charge in [0.2, 0.25) is 5.91 Å². The highest BCUT2D eigenvalue weighted by atomic mass is 19.4. The summed E-state index contributed by atoms with van der Waals surface area (Å²) in [6.45, 7) is 1.60. The molecule has 5 rings (SSSR count). The number of amides is 2. The van der Waals surface area contributed by atoms with Crippen molar-refractivity contribution < 1.29 is 27.2 Å². The Morgan fingerprint density at radius 1 is 1.04 bits per heavy atom. The van der Waals surface area contributed by atoms with Crippen LogP contribution in [0.15, 0.2) is 71.7 Å². The van der Waals surface area contributed by atoms with Crippen LogP contribution in [-0.4, -0.2) is 48.0 Å². The lowest BCUT2D eigenvalue weighted by molar-refractivity contribution is -0.137. The molecule has 2 heterocycles. The smallest absolute Gasteiger partial charge is 0.355 e. The molecule has 4 aromatic rings. The first-order valence-electron chi connectivity index (χ1n) is 14.1. The molecular formula is C32H30F4N6O3. The Labute approximate surface area is 255 Å². The Hall–Kier alpha value is -5.04. The summed E-state index contributed by atoms with van der Waals surface area (Å²) in [5.41, 5.74) is 0.880. The second-order valence-corrected chi connectivity index (χ2v) is 10.6. The van der Waals surface area contributed by atoms with E-state index >= 15 is 0 Å². The number of aromatic nitrogens is 2. The lowest BCUT2D eigenvalue weighted by atomic mass is 10.1. The highest BCUT2D eigenvalue weighted by Gasteiger charge is 2.33. The van der Waals surface area contributed by atoms with Gasteiger partial charge in [-0.2, -0.15) is 13.2 Å². The first kappa shape index (κ1) is 31.4. The van der Waals surface area contributed by atoms with E-state index in [1.807, 2.05) is 0 Å². The van der Waals surface area contributed by atoms with Crippen LogP contribution in [0.1, 0.15) is 34.0 Å². The van der Waals surface area contributed by atoms with Crippen molar-refractivity contribution >= 4 is 29.0 Å². The SMILES string of the molecule is CNC(=O)c1cccc(-c2cnc(NC(=O)[C@H](C)NC)c(=O)n2Cc2cc(N3CCc4cc(F)ccc43)cc(C(F)(F)F)c2)c1. The average Bonchev–Trinajstić information content (AvgIpc) is 3.44. The van der Waals surface area contributed by atoms with E-state index in [0.717, 1.165) is 12.1 Å². The topological polar surface area (TPSA) is 108 Å². The Bertz CT molecular complexity index is 1840. The maximum atomic E-state index is 14.2. The van der Waals surface area contributed by atoms with Crippen molar-refractivity contribution in [2.75, 3.05) is 30.9 Å². The Morgan fingerprint density at radius 3 is 2.53 bits per heavy atom. The zero-order chi connectivity index (χ0) is 32.5. The number of alkyl halides is 3. The highest BCUT2D eigenvalue weighted by Crippen LogP contribution is 2.39. The Kier molecular flexibility index (Phi) is 8.73. The molecule has 13 heteroatoms. The predicted octanol–water partition coefficient (Wildman–Crippen LogP) is 4.72. The summed E-state index contributed by atoms with van der Waals surface area (Å²) >= 11 is 0. The van der Waals surface area contributed by atoms with Crippen molar-refractivity contribution in [3.8, 4) is 11.3 Å². The van der Waals surface area contributed by atoms with Crippen LogP contribution in [0.25, 0.3) is 11.3 Å². The molecule has 1 aromatic heterocycles. The molecule has 3 aromatic carbocycles. The molecule has 1 aliphatic rings. The van der Waals surface area contributed by atoms with Gasteiger partial charge in [-0.05, 0) is 80.1 Å². The number of benzene rings is 3. The van der Waals surface area contributed by atoms with E-state index in [1.165, 1.54) is 42.1 Å². The zero-order valence-corrected chi connectivity index (χ0v) is 24.6. The summed E-state index contributed by atoms with van der Waals surface area (Å²) in [6.07, 6.45) is -2.93. The molecule has 234 valence electrons. The van der Waals surface area contributed by atoms with E-state index in [4.69, 9.17) is 0 Å². The number of likely N-dealkylation sites (N-methyl/N-ethyl adjacent to an activating group) is 1. The Balaban J connectivity index is 1.65.